The average molecular weight is 658 g/mol. The fourth-order valence-corrected chi connectivity index (χ4v) is 6.54. The highest BCUT2D eigenvalue weighted by molar-refractivity contribution is 8.07. The van der Waals surface area contributed by atoms with E-state index in [1.54, 1.807) is 0 Å². The van der Waals surface area contributed by atoms with Crippen molar-refractivity contribution >= 4 is 52.4 Å². The summed E-state index contributed by atoms with van der Waals surface area (Å²) in [4.78, 5) is 42.5. The minimum atomic E-state index is -4.35. The van der Waals surface area contributed by atoms with E-state index in [0.29, 0.717) is 0 Å². The molecule has 0 aromatic carbocycles. The van der Waals surface area contributed by atoms with Crippen LogP contribution in [0.2, 0.25) is 0 Å². The molecule has 2 aliphatic heterocycles. The van der Waals surface area contributed by atoms with Gasteiger partial charge in [0.05, 0.1) is 19.5 Å². The lowest BCUT2D eigenvalue weighted by atomic mass is 10.1. The van der Waals surface area contributed by atoms with E-state index < -0.39 is 74.7 Å². The lowest BCUT2D eigenvalue weighted by Crippen LogP contribution is -2.33. The minimum Gasteiger partial charge on any atom is -0.394 e. The lowest BCUT2D eigenvalue weighted by Gasteiger charge is -2.26. The van der Waals surface area contributed by atoms with Crippen molar-refractivity contribution in [2.45, 2.75) is 49.2 Å². The SMILES string of the molecule is Nc1ncnc2c1nnn2[C@@H]1O[C@H](COP(O)(=S)O[C@@H]2[C@H](F)[C@@H](CO)O[C@H]2n2cnc3c(=O)n4ccnc4[nH]c32)[C@@H](O)[C@@H]1F. The van der Waals surface area contributed by atoms with Crippen LogP contribution in [0.3, 0.4) is 0 Å². The Bertz CT molecular complexity index is 1970. The number of fused-ring (bicyclic) bond motifs is 3. The molecule has 0 amide bonds. The Labute approximate surface area is 247 Å². The minimum absolute atomic E-state index is 0.00173. The second kappa shape index (κ2) is 10.8. The predicted octanol–water partition coefficient (Wildman–Crippen LogP) is -1.37. The zero-order valence-electron chi connectivity index (χ0n) is 21.9. The number of nitrogens with zero attached hydrogens (tertiary/aromatic N) is 9. The van der Waals surface area contributed by atoms with Gasteiger partial charge in [-0.2, -0.15) is 4.68 Å². The molecular weight excluding hydrogens is 635 g/mol. The molecule has 0 bridgehead atoms. The number of imidazole rings is 2. The molecule has 2 saturated heterocycles. The van der Waals surface area contributed by atoms with Gasteiger partial charge >= 0.3 is 6.72 Å². The number of aromatic nitrogens is 10. The van der Waals surface area contributed by atoms with E-state index in [1.165, 1.54) is 27.7 Å². The van der Waals surface area contributed by atoms with Crippen molar-refractivity contribution in [1.82, 2.24) is 48.9 Å². The molecular formula is C21H22F2N11O8PS. The summed E-state index contributed by atoms with van der Waals surface area (Å²) in [7, 11) is 0. The standard InChI is InChI=1S/C21H22F2N11O8PS/c22-9-7(3-35)40-20(33-6-28-12-17(33)29-21-25-1-2-32(21)18(12)37)14(9)42-43(38,44)39-4-8-13(36)10(23)19(41-8)34-16-11(30-31-34)15(24)26-5-27-16/h1-2,5-10,13-14,19-20,35-36H,3-4H2,(H,25,29)(H,38,44)(H2,24,26,27)/t7-,8-,9-,10+,13-,14-,19-,20-,43?/m1/s1. The van der Waals surface area contributed by atoms with Crippen LogP contribution in [0.1, 0.15) is 12.5 Å². The summed E-state index contributed by atoms with van der Waals surface area (Å²) in [6.07, 6.45) is -8.02. The van der Waals surface area contributed by atoms with E-state index in [4.69, 9.17) is 36.1 Å². The molecule has 0 aliphatic carbocycles. The van der Waals surface area contributed by atoms with Crippen LogP contribution in [0.25, 0.3) is 28.1 Å². The molecule has 5 aromatic rings. The fraction of sp³-hybridized carbons (Fsp3) is 0.476. The number of rotatable bonds is 8. The van der Waals surface area contributed by atoms with Gasteiger partial charge in [-0.15, -0.1) is 5.10 Å². The van der Waals surface area contributed by atoms with Gasteiger partial charge in [-0.25, -0.2) is 33.1 Å². The van der Waals surface area contributed by atoms with Crippen molar-refractivity contribution < 1.29 is 42.4 Å². The number of aromatic amines is 1. The zero-order chi connectivity index (χ0) is 30.9. The second-order valence-electron chi connectivity index (χ2n) is 9.89. The van der Waals surface area contributed by atoms with Crippen LogP contribution in [0, 0.1) is 0 Å². The summed E-state index contributed by atoms with van der Waals surface area (Å²) in [6, 6.07) is 0. The van der Waals surface area contributed by atoms with Gasteiger partial charge in [0.2, 0.25) is 5.78 Å². The normalized spacial score (nSPS) is 30.6. The molecule has 7 rings (SSSR count). The van der Waals surface area contributed by atoms with Crippen molar-refractivity contribution in [1.29, 1.82) is 0 Å². The van der Waals surface area contributed by atoms with Crippen LogP contribution in [-0.4, -0.2) is 114 Å². The fourth-order valence-electron chi connectivity index (χ4n) is 5.14. The molecule has 7 heterocycles. The number of nitrogen functional groups attached to an aromatic ring is 1. The zero-order valence-corrected chi connectivity index (χ0v) is 23.6. The first-order valence-corrected chi connectivity index (χ1v) is 15.4. The van der Waals surface area contributed by atoms with Crippen molar-refractivity contribution in [2.24, 2.45) is 0 Å². The number of H-pyrrole nitrogens is 1. The van der Waals surface area contributed by atoms with Crippen LogP contribution >= 0.6 is 6.72 Å². The van der Waals surface area contributed by atoms with Gasteiger partial charge in [0.25, 0.3) is 5.56 Å². The van der Waals surface area contributed by atoms with Crippen LogP contribution < -0.4 is 11.3 Å². The Hall–Kier alpha value is -3.60. The van der Waals surface area contributed by atoms with Crippen LogP contribution in [-0.2, 0) is 30.3 Å². The first-order chi connectivity index (χ1) is 21.1. The summed E-state index contributed by atoms with van der Waals surface area (Å²) < 4.78 is 56.1. The molecule has 0 spiro atoms. The maximum atomic E-state index is 15.5. The van der Waals surface area contributed by atoms with E-state index in [2.05, 4.69) is 35.2 Å². The molecule has 44 heavy (non-hydrogen) atoms. The number of halogens is 2. The number of hydrogen-bond donors (Lipinski definition) is 5. The molecule has 9 atom stereocenters. The molecule has 5 aromatic heterocycles. The molecule has 2 fully saturated rings. The Morgan fingerprint density at radius 2 is 1.93 bits per heavy atom. The van der Waals surface area contributed by atoms with Crippen molar-refractivity contribution in [3.8, 4) is 0 Å². The lowest BCUT2D eigenvalue weighted by molar-refractivity contribution is -0.0576. The smallest absolute Gasteiger partial charge is 0.325 e. The summed E-state index contributed by atoms with van der Waals surface area (Å²) >= 11 is 5.10. The van der Waals surface area contributed by atoms with Gasteiger partial charge in [-0.3, -0.25) is 13.9 Å². The largest absolute Gasteiger partial charge is 0.394 e. The Morgan fingerprint density at radius 1 is 1.14 bits per heavy atom. The summed E-state index contributed by atoms with van der Waals surface area (Å²) in [5, 5.41) is 27.8. The van der Waals surface area contributed by atoms with E-state index in [-0.39, 0.29) is 33.9 Å². The van der Waals surface area contributed by atoms with Gasteiger partial charge in [0.15, 0.2) is 47.3 Å². The van der Waals surface area contributed by atoms with Gasteiger partial charge in [-0.05, 0) is 11.8 Å². The predicted molar refractivity (Wildman–Crippen MR) is 145 cm³/mol. The van der Waals surface area contributed by atoms with Crippen LogP contribution in [0.15, 0.2) is 29.8 Å². The summed E-state index contributed by atoms with van der Waals surface area (Å²) in [5.41, 5.74) is 5.44. The highest BCUT2D eigenvalue weighted by Gasteiger charge is 2.51. The first-order valence-electron chi connectivity index (χ1n) is 12.8. The van der Waals surface area contributed by atoms with Gasteiger partial charge in [0, 0.05) is 12.4 Å². The number of aliphatic hydroxyl groups is 2. The molecule has 234 valence electrons. The maximum Gasteiger partial charge on any atom is 0.325 e. The topological polar surface area (TPSA) is 248 Å². The number of anilines is 1. The number of aliphatic hydroxyl groups excluding tert-OH is 2. The molecule has 2 aliphatic rings. The monoisotopic (exact) mass is 657 g/mol. The molecule has 0 radical (unpaired) electrons. The van der Waals surface area contributed by atoms with Gasteiger partial charge in [-0.1, -0.05) is 5.21 Å². The second-order valence-corrected chi connectivity index (χ2v) is 12.7. The summed E-state index contributed by atoms with van der Waals surface area (Å²) in [6.45, 7) is -5.78. The Balaban J connectivity index is 1.10. The Morgan fingerprint density at radius 3 is 2.73 bits per heavy atom. The van der Waals surface area contributed by atoms with Crippen LogP contribution in [0.4, 0.5) is 14.6 Å². The number of nitrogens with two attached hydrogens (primary N) is 1. The van der Waals surface area contributed by atoms with Gasteiger partial charge < -0.3 is 39.8 Å². The van der Waals surface area contributed by atoms with E-state index in [9.17, 15) is 19.9 Å². The van der Waals surface area contributed by atoms with Crippen molar-refractivity contribution in [2.75, 3.05) is 18.9 Å². The first kappa shape index (κ1) is 29.1. The van der Waals surface area contributed by atoms with Crippen molar-refractivity contribution in [3.05, 3.63) is 35.4 Å². The quantitative estimate of drug-likeness (QED) is 0.121. The number of alkyl halides is 2. The van der Waals surface area contributed by atoms with E-state index in [1.807, 2.05) is 0 Å². The molecule has 19 nitrogen and oxygen atoms in total. The summed E-state index contributed by atoms with van der Waals surface area (Å²) in [5.74, 6) is 0.169. The third kappa shape index (κ3) is 4.66. The maximum absolute atomic E-state index is 15.5. The van der Waals surface area contributed by atoms with E-state index >= 15 is 8.78 Å². The number of hydrogen-bond acceptors (Lipinski definition) is 15. The third-order valence-corrected chi connectivity index (χ3v) is 8.85. The Kier molecular flexibility index (Phi) is 7.14. The highest BCUT2D eigenvalue weighted by Crippen LogP contribution is 2.51. The molecule has 23 heteroatoms. The van der Waals surface area contributed by atoms with Crippen LogP contribution in [0.5, 0.6) is 0 Å². The highest BCUT2D eigenvalue weighted by atomic mass is 32.5. The average Bonchev–Trinajstić information content (AvgIpc) is 3.82. The third-order valence-electron chi connectivity index (χ3n) is 7.29. The number of nitrogens with one attached hydrogen (secondary N) is 1. The van der Waals surface area contributed by atoms with Gasteiger partial charge in [0.1, 0.15) is 36.4 Å². The molecule has 6 N–H and O–H groups in total. The van der Waals surface area contributed by atoms with Crippen molar-refractivity contribution in [3.63, 3.8) is 0 Å². The number of ether oxygens (including phenoxy) is 2. The molecule has 0 saturated carbocycles. The van der Waals surface area contributed by atoms with E-state index in [0.717, 1.165) is 11.0 Å². The molecule has 1 unspecified atom stereocenters.